The summed E-state index contributed by atoms with van der Waals surface area (Å²) in [6.45, 7) is 4.57. The minimum absolute atomic E-state index is 0.134. The summed E-state index contributed by atoms with van der Waals surface area (Å²) in [4.78, 5) is 13.6. The number of hydrogen-bond donors (Lipinski definition) is 1. The summed E-state index contributed by atoms with van der Waals surface area (Å²) in [5.74, 6) is 0.212. The standard InChI is InChI=1S/C15H19NO3/c1-2-19-14(18)8-16-9-15(10-16)6-11-3-4-13(17)5-12(11)7-15/h3-5,17H,2,6-10H2,1H3. The third kappa shape index (κ3) is 2.32. The number of carbonyl (C=O) groups is 1. The van der Waals surface area contributed by atoms with Crippen molar-refractivity contribution in [1.29, 1.82) is 0 Å². The summed E-state index contributed by atoms with van der Waals surface area (Å²) < 4.78 is 4.96. The first kappa shape index (κ1) is 12.5. The van der Waals surface area contributed by atoms with Gasteiger partial charge in [-0.25, -0.2) is 0 Å². The zero-order valence-corrected chi connectivity index (χ0v) is 11.2. The highest BCUT2D eigenvalue weighted by Crippen LogP contribution is 2.44. The van der Waals surface area contributed by atoms with Gasteiger partial charge in [-0.15, -0.1) is 0 Å². The number of ether oxygens (including phenoxy) is 1. The number of hydrogen-bond acceptors (Lipinski definition) is 4. The van der Waals surface area contributed by atoms with Gasteiger partial charge in [-0.1, -0.05) is 6.07 Å². The van der Waals surface area contributed by atoms with Gasteiger partial charge in [0.25, 0.3) is 0 Å². The van der Waals surface area contributed by atoms with E-state index in [1.165, 1.54) is 11.1 Å². The molecular formula is C15H19NO3. The number of nitrogens with zero attached hydrogens (tertiary/aromatic N) is 1. The highest BCUT2D eigenvalue weighted by Gasteiger charge is 2.47. The van der Waals surface area contributed by atoms with E-state index in [0.717, 1.165) is 25.9 Å². The van der Waals surface area contributed by atoms with E-state index in [-0.39, 0.29) is 11.4 Å². The molecule has 0 saturated carbocycles. The Hall–Kier alpha value is -1.55. The van der Waals surface area contributed by atoms with Crippen LogP contribution in [0.5, 0.6) is 5.75 Å². The second-order valence-corrected chi connectivity index (χ2v) is 5.76. The van der Waals surface area contributed by atoms with Crippen LogP contribution in [0.25, 0.3) is 0 Å². The zero-order chi connectivity index (χ0) is 13.5. The van der Waals surface area contributed by atoms with Crippen LogP contribution in [0.3, 0.4) is 0 Å². The molecule has 3 rings (SSSR count). The topological polar surface area (TPSA) is 49.8 Å². The first-order chi connectivity index (χ1) is 9.10. The van der Waals surface area contributed by atoms with Crippen LogP contribution in [-0.2, 0) is 22.4 Å². The molecule has 1 saturated heterocycles. The molecule has 4 heteroatoms. The Bertz CT molecular complexity index is 506. The van der Waals surface area contributed by atoms with Crippen LogP contribution in [0.4, 0.5) is 0 Å². The fourth-order valence-corrected chi connectivity index (χ4v) is 3.45. The summed E-state index contributed by atoms with van der Waals surface area (Å²) in [5.41, 5.74) is 2.88. The van der Waals surface area contributed by atoms with Gasteiger partial charge >= 0.3 is 5.97 Å². The second-order valence-electron chi connectivity index (χ2n) is 5.76. The molecule has 0 aromatic heterocycles. The molecule has 1 N–H and O–H groups in total. The molecule has 1 heterocycles. The number of fused-ring (bicyclic) bond motifs is 1. The molecule has 1 aromatic carbocycles. The van der Waals surface area contributed by atoms with Gasteiger partial charge in [0.15, 0.2) is 0 Å². The molecule has 4 nitrogen and oxygen atoms in total. The number of phenolic OH excluding ortho intramolecular Hbond substituents is 1. The Labute approximate surface area is 113 Å². The van der Waals surface area contributed by atoms with Crippen LogP contribution in [0, 0.1) is 5.41 Å². The molecule has 19 heavy (non-hydrogen) atoms. The van der Waals surface area contributed by atoms with Crippen molar-refractivity contribution in [3.05, 3.63) is 29.3 Å². The molecule has 0 atom stereocenters. The molecule has 1 spiro atoms. The molecule has 2 aliphatic rings. The van der Waals surface area contributed by atoms with Crippen LogP contribution in [-0.4, -0.2) is 42.2 Å². The minimum Gasteiger partial charge on any atom is -0.508 e. The van der Waals surface area contributed by atoms with Gasteiger partial charge in [0.1, 0.15) is 5.75 Å². The highest BCUT2D eigenvalue weighted by atomic mass is 16.5. The lowest BCUT2D eigenvalue weighted by molar-refractivity contribution is -0.147. The number of likely N-dealkylation sites (tertiary alicyclic amines) is 1. The Balaban J connectivity index is 1.58. The predicted octanol–water partition coefficient (Wildman–Crippen LogP) is 1.36. The van der Waals surface area contributed by atoms with Gasteiger partial charge in [0, 0.05) is 18.5 Å². The van der Waals surface area contributed by atoms with Gasteiger partial charge < -0.3 is 9.84 Å². The van der Waals surface area contributed by atoms with E-state index in [9.17, 15) is 9.90 Å². The van der Waals surface area contributed by atoms with E-state index in [1.54, 1.807) is 6.07 Å². The van der Waals surface area contributed by atoms with Crippen molar-refractivity contribution in [1.82, 2.24) is 4.90 Å². The molecule has 1 aliphatic heterocycles. The van der Waals surface area contributed by atoms with E-state index in [4.69, 9.17) is 4.74 Å². The van der Waals surface area contributed by atoms with Crippen molar-refractivity contribution < 1.29 is 14.6 Å². The number of carbonyl (C=O) groups excluding carboxylic acids is 1. The lowest BCUT2D eigenvalue weighted by Crippen LogP contribution is -2.58. The first-order valence-electron chi connectivity index (χ1n) is 6.79. The normalized spacial score (nSPS) is 20.1. The number of phenols is 1. The number of esters is 1. The maximum absolute atomic E-state index is 11.4. The van der Waals surface area contributed by atoms with Crippen molar-refractivity contribution in [2.24, 2.45) is 5.41 Å². The van der Waals surface area contributed by atoms with Crippen molar-refractivity contribution in [2.45, 2.75) is 19.8 Å². The predicted molar refractivity (Wildman–Crippen MR) is 71.0 cm³/mol. The van der Waals surface area contributed by atoms with Crippen LogP contribution in [0.2, 0.25) is 0 Å². The molecule has 0 radical (unpaired) electrons. The van der Waals surface area contributed by atoms with Crippen LogP contribution < -0.4 is 0 Å². The van der Waals surface area contributed by atoms with Gasteiger partial charge in [-0.3, -0.25) is 9.69 Å². The maximum atomic E-state index is 11.4. The Morgan fingerprint density at radius 3 is 2.84 bits per heavy atom. The monoisotopic (exact) mass is 261 g/mol. The van der Waals surface area contributed by atoms with E-state index >= 15 is 0 Å². The maximum Gasteiger partial charge on any atom is 0.320 e. The van der Waals surface area contributed by atoms with Crippen LogP contribution in [0.1, 0.15) is 18.1 Å². The summed E-state index contributed by atoms with van der Waals surface area (Å²) in [6.07, 6.45) is 2.07. The quantitative estimate of drug-likeness (QED) is 0.835. The lowest BCUT2D eigenvalue weighted by atomic mass is 9.77. The summed E-state index contributed by atoms with van der Waals surface area (Å²) >= 11 is 0. The number of benzene rings is 1. The van der Waals surface area contributed by atoms with Crippen molar-refractivity contribution in [3.63, 3.8) is 0 Å². The fourth-order valence-electron chi connectivity index (χ4n) is 3.45. The molecular weight excluding hydrogens is 242 g/mol. The van der Waals surface area contributed by atoms with E-state index in [1.807, 2.05) is 19.1 Å². The Morgan fingerprint density at radius 2 is 2.11 bits per heavy atom. The van der Waals surface area contributed by atoms with Crippen molar-refractivity contribution >= 4 is 5.97 Å². The van der Waals surface area contributed by atoms with E-state index in [0.29, 0.717) is 18.9 Å². The van der Waals surface area contributed by atoms with Crippen LogP contribution >= 0.6 is 0 Å². The average Bonchev–Trinajstić information content (AvgIpc) is 2.67. The van der Waals surface area contributed by atoms with E-state index in [2.05, 4.69) is 4.90 Å². The Morgan fingerprint density at radius 1 is 1.37 bits per heavy atom. The molecule has 1 aliphatic carbocycles. The largest absolute Gasteiger partial charge is 0.508 e. The first-order valence-corrected chi connectivity index (χ1v) is 6.79. The highest BCUT2D eigenvalue weighted by molar-refractivity contribution is 5.71. The average molecular weight is 261 g/mol. The summed E-state index contributed by atoms with van der Waals surface area (Å²) in [7, 11) is 0. The van der Waals surface area contributed by atoms with Crippen molar-refractivity contribution in [3.8, 4) is 5.75 Å². The SMILES string of the molecule is CCOC(=O)CN1CC2(Cc3ccc(O)cc3C2)C1. The van der Waals surface area contributed by atoms with Gasteiger partial charge in [-0.2, -0.15) is 0 Å². The Kier molecular flexibility index (Phi) is 2.97. The smallest absolute Gasteiger partial charge is 0.320 e. The van der Waals surface area contributed by atoms with Gasteiger partial charge in [0.2, 0.25) is 0 Å². The van der Waals surface area contributed by atoms with Gasteiger partial charge in [-0.05, 0) is 43.0 Å². The molecule has 0 unspecified atom stereocenters. The zero-order valence-electron chi connectivity index (χ0n) is 11.2. The summed E-state index contributed by atoms with van der Waals surface area (Å²) in [6, 6.07) is 5.65. The van der Waals surface area contributed by atoms with Gasteiger partial charge in [0.05, 0.1) is 13.2 Å². The molecule has 0 bridgehead atoms. The minimum atomic E-state index is -0.134. The number of aromatic hydroxyl groups is 1. The molecule has 102 valence electrons. The van der Waals surface area contributed by atoms with Crippen LogP contribution in [0.15, 0.2) is 18.2 Å². The lowest BCUT2D eigenvalue weighted by Gasteiger charge is -2.47. The molecule has 0 amide bonds. The van der Waals surface area contributed by atoms with E-state index < -0.39 is 0 Å². The fraction of sp³-hybridized carbons (Fsp3) is 0.533. The summed E-state index contributed by atoms with van der Waals surface area (Å²) in [5, 5.41) is 9.52. The second kappa shape index (κ2) is 4.53. The van der Waals surface area contributed by atoms with Crippen molar-refractivity contribution in [2.75, 3.05) is 26.2 Å². The number of rotatable bonds is 3. The third-order valence-electron chi connectivity index (χ3n) is 4.10. The third-order valence-corrected chi connectivity index (χ3v) is 4.10. The molecule has 1 aromatic rings. The molecule has 1 fully saturated rings.